The molecule has 1 aromatic heterocycles. The minimum absolute atomic E-state index is 0.324. The molecule has 1 aromatic rings. The van der Waals surface area contributed by atoms with Crippen LogP contribution in [0.4, 0.5) is 11.6 Å². The summed E-state index contributed by atoms with van der Waals surface area (Å²) in [7, 11) is 0. The molecule has 0 saturated heterocycles. The Balaban J connectivity index is 3.12. The molecule has 114 valence electrons. The number of nitrogen functional groups attached to an aromatic ring is 1. The summed E-state index contributed by atoms with van der Waals surface area (Å²) in [6.07, 6.45) is 5.24. The highest BCUT2D eigenvalue weighted by atomic mass is 15.3. The molecule has 0 bridgehead atoms. The Kier molecular flexibility index (Phi) is 6.71. The molecular weight excluding hydrogens is 250 g/mol. The van der Waals surface area contributed by atoms with Crippen LogP contribution in [-0.4, -0.2) is 22.6 Å². The number of nitrogens with zero attached hydrogens (tertiary/aromatic N) is 3. The van der Waals surface area contributed by atoms with Gasteiger partial charge in [0.25, 0.3) is 0 Å². The van der Waals surface area contributed by atoms with E-state index in [1.54, 1.807) is 6.33 Å². The summed E-state index contributed by atoms with van der Waals surface area (Å²) >= 11 is 0. The number of unbranched alkanes of at least 4 members (excludes halogenated alkanes) is 2. The lowest BCUT2D eigenvalue weighted by Gasteiger charge is -2.31. The summed E-state index contributed by atoms with van der Waals surface area (Å²) in [5.41, 5.74) is 3.80. The van der Waals surface area contributed by atoms with Crippen LogP contribution in [0, 0.1) is 0 Å². The summed E-state index contributed by atoms with van der Waals surface area (Å²) < 4.78 is 0. The van der Waals surface area contributed by atoms with Gasteiger partial charge in [0.05, 0.1) is 0 Å². The fourth-order valence-electron chi connectivity index (χ4n) is 2.40. The van der Waals surface area contributed by atoms with Crippen LogP contribution in [0.25, 0.3) is 0 Å². The molecular formula is C15H29N5. The first-order chi connectivity index (χ1) is 9.52. The molecule has 0 aliphatic rings. The van der Waals surface area contributed by atoms with E-state index in [0.29, 0.717) is 12.0 Å². The summed E-state index contributed by atoms with van der Waals surface area (Å²) in [6, 6.07) is 0.407. The van der Waals surface area contributed by atoms with Gasteiger partial charge in [0.1, 0.15) is 18.0 Å². The average Bonchev–Trinajstić information content (AvgIpc) is 2.42. The molecule has 0 aliphatic heterocycles. The van der Waals surface area contributed by atoms with E-state index in [0.717, 1.165) is 23.7 Å². The van der Waals surface area contributed by atoms with Gasteiger partial charge >= 0.3 is 0 Å². The molecule has 20 heavy (non-hydrogen) atoms. The lowest BCUT2D eigenvalue weighted by atomic mass is 10.0. The van der Waals surface area contributed by atoms with Crippen molar-refractivity contribution in [1.82, 2.24) is 9.97 Å². The van der Waals surface area contributed by atoms with Crippen molar-refractivity contribution in [2.45, 2.75) is 65.8 Å². The molecule has 0 amide bonds. The quantitative estimate of drug-likeness (QED) is 0.434. The van der Waals surface area contributed by atoms with Crippen LogP contribution in [0.15, 0.2) is 6.33 Å². The van der Waals surface area contributed by atoms with Gasteiger partial charge in [-0.15, -0.1) is 0 Å². The van der Waals surface area contributed by atoms with E-state index >= 15 is 0 Å². The Labute approximate surface area is 123 Å². The molecule has 5 heteroatoms. The summed E-state index contributed by atoms with van der Waals surface area (Å²) in [6.45, 7) is 11.9. The lowest BCUT2D eigenvalue weighted by Crippen LogP contribution is -2.34. The molecule has 0 aliphatic carbocycles. The van der Waals surface area contributed by atoms with Gasteiger partial charge in [-0.2, -0.15) is 0 Å². The van der Waals surface area contributed by atoms with Crippen LogP contribution in [0.1, 0.15) is 65.4 Å². The van der Waals surface area contributed by atoms with Crippen LogP contribution in [0.2, 0.25) is 0 Å². The predicted octanol–water partition coefficient (Wildman–Crippen LogP) is 3.29. The molecule has 3 N–H and O–H groups in total. The molecule has 0 radical (unpaired) electrons. The minimum atomic E-state index is 0.324. The second kappa shape index (κ2) is 8.04. The van der Waals surface area contributed by atoms with Crippen molar-refractivity contribution in [3.63, 3.8) is 0 Å². The number of anilines is 2. The predicted molar refractivity (Wildman–Crippen MR) is 85.9 cm³/mol. The van der Waals surface area contributed by atoms with Gasteiger partial charge in [0, 0.05) is 18.2 Å². The number of aromatic nitrogens is 2. The van der Waals surface area contributed by atoms with E-state index in [9.17, 15) is 0 Å². The second-order valence-corrected chi connectivity index (χ2v) is 5.75. The number of nitrogens with one attached hydrogen (secondary N) is 1. The maximum Gasteiger partial charge on any atom is 0.148 e. The Morgan fingerprint density at radius 2 is 1.90 bits per heavy atom. The van der Waals surface area contributed by atoms with Crippen molar-refractivity contribution in [2.24, 2.45) is 5.84 Å². The van der Waals surface area contributed by atoms with Crippen molar-refractivity contribution in [3.8, 4) is 0 Å². The van der Waals surface area contributed by atoms with E-state index in [2.05, 4.69) is 54.9 Å². The fourth-order valence-corrected chi connectivity index (χ4v) is 2.40. The van der Waals surface area contributed by atoms with Gasteiger partial charge in [-0.25, -0.2) is 15.8 Å². The molecule has 1 heterocycles. The number of hydrogen-bond donors (Lipinski definition) is 2. The third kappa shape index (κ3) is 4.07. The lowest BCUT2D eigenvalue weighted by molar-refractivity contribution is 0.614. The molecule has 5 nitrogen and oxygen atoms in total. The number of hydrogen-bond acceptors (Lipinski definition) is 5. The molecule has 0 aromatic carbocycles. The van der Waals surface area contributed by atoms with E-state index < -0.39 is 0 Å². The van der Waals surface area contributed by atoms with Gasteiger partial charge in [-0.05, 0) is 26.2 Å². The molecule has 1 rings (SSSR count). The van der Waals surface area contributed by atoms with Crippen LogP contribution in [0.5, 0.6) is 0 Å². The van der Waals surface area contributed by atoms with Gasteiger partial charge in [-0.3, -0.25) is 0 Å². The summed E-state index contributed by atoms with van der Waals surface area (Å²) in [5.74, 6) is 7.66. The third-order valence-electron chi connectivity index (χ3n) is 3.47. The highest BCUT2D eigenvalue weighted by Gasteiger charge is 2.21. The van der Waals surface area contributed by atoms with Crippen molar-refractivity contribution in [2.75, 3.05) is 16.9 Å². The molecule has 0 unspecified atom stereocenters. The monoisotopic (exact) mass is 279 g/mol. The molecule has 0 fully saturated rings. The minimum Gasteiger partial charge on any atom is -0.354 e. The second-order valence-electron chi connectivity index (χ2n) is 5.75. The molecule has 0 atom stereocenters. The van der Waals surface area contributed by atoms with Crippen molar-refractivity contribution in [1.29, 1.82) is 0 Å². The van der Waals surface area contributed by atoms with Gasteiger partial charge in [-0.1, -0.05) is 33.6 Å². The third-order valence-corrected chi connectivity index (χ3v) is 3.47. The Morgan fingerprint density at radius 3 is 2.40 bits per heavy atom. The number of rotatable bonds is 8. The van der Waals surface area contributed by atoms with Crippen molar-refractivity contribution >= 4 is 11.6 Å². The molecule has 0 saturated carbocycles. The Bertz CT molecular complexity index is 403. The largest absolute Gasteiger partial charge is 0.354 e. The van der Waals surface area contributed by atoms with Gasteiger partial charge < -0.3 is 10.3 Å². The average molecular weight is 279 g/mol. The summed E-state index contributed by atoms with van der Waals surface area (Å²) in [5, 5.41) is 0. The Hall–Kier alpha value is -1.36. The van der Waals surface area contributed by atoms with Crippen molar-refractivity contribution in [3.05, 3.63) is 11.9 Å². The maximum absolute atomic E-state index is 5.60. The first-order valence-electron chi connectivity index (χ1n) is 7.61. The van der Waals surface area contributed by atoms with Crippen LogP contribution in [0.3, 0.4) is 0 Å². The van der Waals surface area contributed by atoms with Crippen LogP contribution in [-0.2, 0) is 0 Å². The maximum atomic E-state index is 5.60. The standard InChI is InChI=1S/C15H29N5/c1-6-7-8-9-20(12(4)5)15-13(11(2)3)14(19-16)17-10-18-15/h10-12H,6-9,16H2,1-5H3,(H,17,18,19). The van der Waals surface area contributed by atoms with Gasteiger partial charge in [0.2, 0.25) is 0 Å². The van der Waals surface area contributed by atoms with Crippen LogP contribution >= 0.6 is 0 Å². The van der Waals surface area contributed by atoms with Crippen molar-refractivity contribution < 1.29 is 0 Å². The van der Waals surface area contributed by atoms with E-state index in [1.807, 2.05) is 0 Å². The zero-order valence-electron chi connectivity index (χ0n) is 13.5. The SMILES string of the molecule is CCCCCN(c1ncnc(NN)c1C(C)C)C(C)C. The summed E-state index contributed by atoms with van der Waals surface area (Å²) in [4.78, 5) is 11.1. The fraction of sp³-hybridized carbons (Fsp3) is 0.733. The number of nitrogens with two attached hydrogens (primary N) is 1. The zero-order valence-corrected chi connectivity index (χ0v) is 13.5. The first-order valence-corrected chi connectivity index (χ1v) is 7.61. The van der Waals surface area contributed by atoms with E-state index in [-0.39, 0.29) is 0 Å². The van der Waals surface area contributed by atoms with Crippen LogP contribution < -0.4 is 16.2 Å². The smallest absolute Gasteiger partial charge is 0.148 e. The normalized spacial score (nSPS) is 11.2. The van der Waals surface area contributed by atoms with E-state index in [4.69, 9.17) is 5.84 Å². The highest BCUT2D eigenvalue weighted by molar-refractivity contribution is 5.60. The molecule has 0 spiro atoms. The van der Waals surface area contributed by atoms with E-state index in [1.165, 1.54) is 19.3 Å². The Morgan fingerprint density at radius 1 is 1.20 bits per heavy atom. The zero-order chi connectivity index (χ0) is 15.1. The topological polar surface area (TPSA) is 67.1 Å². The van der Waals surface area contributed by atoms with Gasteiger partial charge in [0.15, 0.2) is 0 Å². The highest BCUT2D eigenvalue weighted by Crippen LogP contribution is 2.31. The number of hydrazine groups is 1. The first kappa shape index (κ1) is 16.7.